The average Bonchev–Trinajstić information content (AvgIpc) is 2.93. The van der Waals surface area contributed by atoms with Crippen molar-refractivity contribution in [3.8, 4) is 0 Å². The number of aromatic nitrogens is 2. The molecule has 10 heteroatoms. The molecule has 0 saturated heterocycles. The van der Waals surface area contributed by atoms with Gasteiger partial charge in [0.15, 0.2) is 0 Å². The normalized spacial score (nSPS) is 11.5. The number of pyridine rings is 1. The summed E-state index contributed by atoms with van der Waals surface area (Å²) < 4.78 is 40.3. The molecule has 3 rings (SSSR count). The average molecular weight is 336 g/mol. The third-order valence-electron chi connectivity index (χ3n) is 3.10. The van der Waals surface area contributed by atoms with E-state index < -0.39 is 26.5 Å². The van der Waals surface area contributed by atoms with Gasteiger partial charge in [0, 0.05) is 23.8 Å². The van der Waals surface area contributed by atoms with Crippen molar-refractivity contribution in [2.75, 3.05) is 4.72 Å². The molecule has 0 spiro atoms. The third-order valence-corrected chi connectivity index (χ3v) is 4.52. The second-order valence-electron chi connectivity index (χ2n) is 4.58. The molecule has 0 bridgehead atoms. The lowest BCUT2D eigenvalue weighted by Gasteiger charge is -2.07. The highest BCUT2D eigenvalue weighted by molar-refractivity contribution is 7.93. The highest BCUT2D eigenvalue weighted by Crippen LogP contribution is 2.26. The molecule has 0 aliphatic rings. The number of fused-ring (bicyclic) bond motifs is 1. The Labute approximate surface area is 129 Å². The minimum absolute atomic E-state index is 0.0624. The number of halogens is 1. The molecule has 0 fully saturated rings. The Balaban J connectivity index is 2.02. The number of sulfonamides is 1. The van der Waals surface area contributed by atoms with Crippen molar-refractivity contribution in [2.45, 2.75) is 4.90 Å². The summed E-state index contributed by atoms with van der Waals surface area (Å²) in [6.07, 6.45) is 2.77. The molecule has 1 aromatic carbocycles. The number of benzene rings is 1. The Kier molecular flexibility index (Phi) is 3.45. The van der Waals surface area contributed by atoms with Gasteiger partial charge in [0.2, 0.25) is 5.82 Å². The first kappa shape index (κ1) is 14.9. The van der Waals surface area contributed by atoms with Gasteiger partial charge in [-0.2, -0.15) is 4.39 Å². The molecule has 0 saturated carbocycles. The molecule has 0 unspecified atom stereocenters. The molecular formula is C13H9FN4O4S. The van der Waals surface area contributed by atoms with Crippen LogP contribution in [0.3, 0.4) is 0 Å². The van der Waals surface area contributed by atoms with E-state index >= 15 is 0 Å². The topological polar surface area (TPSA) is 118 Å². The maximum absolute atomic E-state index is 13.3. The zero-order valence-corrected chi connectivity index (χ0v) is 12.2. The van der Waals surface area contributed by atoms with Crippen LogP contribution in [-0.4, -0.2) is 23.3 Å². The molecule has 0 aliphatic heterocycles. The Bertz CT molecular complexity index is 1020. The van der Waals surface area contributed by atoms with E-state index in [4.69, 9.17) is 0 Å². The SMILES string of the molecule is O=[N+]([O-])c1cc(NS(=O)(=O)c2c[nH]c3ncccc23)ccc1F. The number of nitro groups is 1. The van der Waals surface area contributed by atoms with E-state index in [0.717, 1.165) is 18.2 Å². The molecule has 23 heavy (non-hydrogen) atoms. The number of aromatic amines is 1. The minimum Gasteiger partial charge on any atom is -0.345 e. The number of nitrogens with one attached hydrogen (secondary N) is 2. The second kappa shape index (κ2) is 5.32. The largest absolute Gasteiger partial charge is 0.345 e. The standard InChI is InChI=1S/C13H9FN4O4S/c14-10-4-3-8(6-11(10)18(19)20)17-23(21,22)12-7-16-13-9(12)2-1-5-15-13/h1-7,17H,(H,15,16). The van der Waals surface area contributed by atoms with Gasteiger partial charge in [-0.15, -0.1) is 0 Å². The van der Waals surface area contributed by atoms with E-state index in [1.54, 1.807) is 12.1 Å². The number of H-pyrrole nitrogens is 1. The van der Waals surface area contributed by atoms with Crippen LogP contribution in [0.1, 0.15) is 0 Å². The zero-order valence-electron chi connectivity index (χ0n) is 11.4. The Morgan fingerprint density at radius 2 is 2.09 bits per heavy atom. The lowest BCUT2D eigenvalue weighted by atomic mass is 10.3. The van der Waals surface area contributed by atoms with Crippen LogP contribution in [0.2, 0.25) is 0 Å². The van der Waals surface area contributed by atoms with Crippen LogP contribution >= 0.6 is 0 Å². The van der Waals surface area contributed by atoms with Crippen LogP contribution in [0.15, 0.2) is 47.6 Å². The first-order valence-corrected chi connectivity index (χ1v) is 7.76. The fourth-order valence-electron chi connectivity index (χ4n) is 2.08. The van der Waals surface area contributed by atoms with Gasteiger partial charge < -0.3 is 4.98 Å². The quantitative estimate of drug-likeness (QED) is 0.560. The molecular weight excluding hydrogens is 327 g/mol. The minimum atomic E-state index is -4.02. The summed E-state index contributed by atoms with van der Waals surface area (Å²) in [6.45, 7) is 0. The van der Waals surface area contributed by atoms with E-state index in [2.05, 4.69) is 14.7 Å². The van der Waals surface area contributed by atoms with Gasteiger partial charge >= 0.3 is 5.69 Å². The van der Waals surface area contributed by atoms with Crippen LogP contribution in [0.25, 0.3) is 11.0 Å². The Hall–Kier alpha value is -3.01. The van der Waals surface area contributed by atoms with Crippen LogP contribution in [0, 0.1) is 15.9 Å². The highest BCUT2D eigenvalue weighted by atomic mass is 32.2. The van der Waals surface area contributed by atoms with Gasteiger partial charge in [0.25, 0.3) is 10.0 Å². The number of nitro benzene ring substituents is 1. The van der Waals surface area contributed by atoms with Gasteiger partial charge in [-0.3, -0.25) is 14.8 Å². The number of hydrogen-bond acceptors (Lipinski definition) is 5. The summed E-state index contributed by atoms with van der Waals surface area (Å²) in [4.78, 5) is 16.4. The molecule has 118 valence electrons. The smallest absolute Gasteiger partial charge is 0.306 e. The maximum Gasteiger partial charge on any atom is 0.306 e. The molecule has 0 radical (unpaired) electrons. The van der Waals surface area contributed by atoms with Crippen LogP contribution < -0.4 is 4.72 Å². The summed E-state index contributed by atoms with van der Waals surface area (Å²) >= 11 is 0. The van der Waals surface area contributed by atoms with Gasteiger partial charge in [-0.25, -0.2) is 13.4 Å². The van der Waals surface area contributed by atoms with Crippen molar-refractivity contribution >= 4 is 32.4 Å². The fourth-order valence-corrected chi connectivity index (χ4v) is 3.29. The van der Waals surface area contributed by atoms with Gasteiger partial charge in [0.05, 0.1) is 10.6 Å². The Morgan fingerprint density at radius 1 is 1.30 bits per heavy atom. The predicted molar refractivity (Wildman–Crippen MR) is 80.0 cm³/mol. The summed E-state index contributed by atoms with van der Waals surface area (Å²) in [6, 6.07) is 5.90. The molecule has 8 nitrogen and oxygen atoms in total. The van der Waals surface area contributed by atoms with Crippen molar-refractivity contribution < 1.29 is 17.7 Å². The van der Waals surface area contributed by atoms with E-state index in [0.29, 0.717) is 11.0 Å². The van der Waals surface area contributed by atoms with E-state index in [1.807, 2.05) is 0 Å². The van der Waals surface area contributed by atoms with Crippen LogP contribution in [0.4, 0.5) is 15.8 Å². The van der Waals surface area contributed by atoms with Crippen LogP contribution in [-0.2, 0) is 10.0 Å². The molecule has 0 amide bonds. The van der Waals surface area contributed by atoms with Gasteiger partial charge in [0.1, 0.15) is 10.5 Å². The first-order valence-electron chi connectivity index (χ1n) is 6.27. The monoisotopic (exact) mass is 336 g/mol. The number of anilines is 1. The van der Waals surface area contributed by atoms with E-state index in [1.165, 1.54) is 12.4 Å². The number of hydrogen-bond donors (Lipinski definition) is 2. The lowest BCUT2D eigenvalue weighted by Crippen LogP contribution is -2.12. The van der Waals surface area contributed by atoms with Crippen molar-refractivity contribution in [3.63, 3.8) is 0 Å². The highest BCUT2D eigenvalue weighted by Gasteiger charge is 2.21. The van der Waals surface area contributed by atoms with Crippen molar-refractivity contribution in [1.82, 2.24) is 9.97 Å². The molecule has 0 aliphatic carbocycles. The van der Waals surface area contributed by atoms with E-state index in [9.17, 15) is 22.9 Å². The predicted octanol–water partition coefficient (Wildman–Crippen LogP) is 2.41. The van der Waals surface area contributed by atoms with Crippen molar-refractivity contribution in [1.29, 1.82) is 0 Å². The molecule has 0 atom stereocenters. The van der Waals surface area contributed by atoms with Crippen LogP contribution in [0.5, 0.6) is 0 Å². The molecule has 2 heterocycles. The number of nitrogens with zero attached hydrogens (tertiary/aromatic N) is 2. The van der Waals surface area contributed by atoms with Crippen molar-refractivity contribution in [2.24, 2.45) is 0 Å². The third kappa shape index (κ3) is 2.71. The summed E-state index contributed by atoms with van der Waals surface area (Å²) in [5, 5.41) is 11.1. The van der Waals surface area contributed by atoms with Crippen molar-refractivity contribution in [3.05, 3.63) is 58.7 Å². The summed E-state index contributed by atoms with van der Waals surface area (Å²) in [5.41, 5.74) is -0.542. The lowest BCUT2D eigenvalue weighted by molar-refractivity contribution is -0.387. The number of rotatable bonds is 4. The first-order chi connectivity index (χ1) is 10.9. The zero-order chi connectivity index (χ0) is 16.6. The molecule has 2 N–H and O–H groups in total. The maximum atomic E-state index is 13.3. The second-order valence-corrected chi connectivity index (χ2v) is 6.23. The fraction of sp³-hybridized carbons (Fsp3) is 0. The molecule has 3 aromatic rings. The van der Waals surface area contributed by atoms with E-state index in [-0.39, 0.29) is 10.6 Å². The Morgan fingerprint density at radius 3 is 2.83 bits per heavy atom. The summed E-state index contributed by atoms with van der Waals surface area (Å²) in [7, 11) is -4.02. The molecule has 2 aromatic heterocycles. The summed E-state index contributed by atoms with van der Waals surface area (Å²) in [5.74, 6) is -1.05. The van der Waals surface area contributed by atoms with Gasteiger partial charge in [-0.1, -0.05) is 0 Å². The van der Waals surface area contributed by atoms with Gasteiger partial charge in [-0.05, 0) is 24.3 Å².